The van der Waals surface area contributed by atoms with Gasteiger partial charge in [-0.25, -0.2) is 0 Å². The van der Waals surface area contributed by atoms with Gasteiger partial charge in [0.1, 0.15) is 5.75 Å². The second kappa shape index (κ2) is 5.22. The summed E-state index contributed by atoms with van der Waals surface area (Å²) in [4.78, 5) is 0. The first kappa shape index (κ1) is 13.9. The van der Waals surface area contributed by atoms with Crippen LogP contribution >= 0.6 is 15.9 Å². The number of hydrogen-bond acceptors (Lipinski definition) is 2. The molecule has 2 unspecified atom stereocenters. The molecule has 0 bridgehead atoms. The van der Waals surface area contributed by atoms with E-state index in [0.29, 0.717) is 6.42 Å². The molecule has 0 saturated heterocycles. The Balaban J connectivity index is 2.29. The summed E-state index contributed by atoms with van der Waals surface area (Å²) >= 11 is 3.54. The van der Waals surface area contributed by atoms with Crippen molar-refractivity contribution in [2.24, 2.45) is 5.92 Å². The summed E-state index contributed by atoms with van der Waals surface area (Å²) < 4.78 is 6.78. The third-order valence-corrected chi connectivity index (χ3v) is 4.51. The van der Waals surface area contributed by atoms with E-state index < -0.39 is 5.60 Å². The van der Waals surface area contributed by atoms with Crippen molar-refractivity contribution in [2.75, 3.05) is 6.61 Å². The first-order valence-corrected chi connectivity index (χ1v) is 7.40. The van der Waals surface area contributed by atoms with Crippen molar-refractivity contribution in [3.05, 3.63) is 27.7 Å². The molecule has 0 saturated carbocycles. The average molecular weight is 313 g/mol. The van der Waals surface area contributed by atoms with Crippen LogP contribution in [-0.4, -0.2) is 17.3 Å². The van der Waals surface area contributed by atoms with Gasteiger partial charge in [-0.15, -0.1) is 0 Å². The maximum absolute atomic E-state index is 10.6. The number of halogens is 1. The van der Waals surface area contributed by atoms with Gasteiger partial charge in [-0.1, -0.05) is 36.2 Å². The van der Waals surface area contributed by atoms with Gasteiger partial charge in [0, 0.05) is 17.3 Å². The van der Waals surface area contributed by atoms with Crippen molar-refractivity contribution in [3.8, 4) is 5.75 Å². The van der Waals surface area contributed by atoms with Crippen LogP contribution in [0.2, 0.25) is 0 Å². The Morgan fingerprint density at radius 2 is 2.22 bits per heavy atom. The summed E-state index contributed by atoms with van der Waals surface area (Å²) in [6.07, 6.45) is 2.58. The lowest BCUT2D eigenvalue weighted by Crippen LogP contribution is -2.35. The number of benzene rings is 1. The Morgan fingerprint density at radius 3 is 2.89 bits per heavy atom. The van der Waals surface area contributed by atoms with Crippen molar-refractivity contribution in [1.29, 1.82) is 0 Å². The molecular formula is C15H21BrO2. The first-order chi connectivity index (χ1) is 8.44. The SMILES string of the molecule is CCC(C)C(C)(O)Cc1cc(Br)cc2c1OCC2. The summed E-state index contributed by atoms with van der Waals surface area (Å²) in [6, 6.07) is 4.19. The number of ether oxygens (including phenoxy) is 1. The lowest BCUT2D eigenvalue weighted by Gasteiger charge is -2.30. The third-order valence-electron chi connectivity index (χ3n) is 4.05. The standard InChI is InChI=1S/C15H21BrO2/c1-4-10(2)15(3,17)9-12-8-13(16)7-11-5-6-18-14(11)12/h7-8,10,17H,4-6,9H2,1-3H3. The van der Waals surface area contributed by atoms with Crippen LogP contribution < -0.4 is 4.74 Å². The highest BCUT2D eigenvalue weighted by Crippen LogP contribution is 2.36. The first-order valence-electron chi connectivity index (χ1n) is 6.60. The Labute approximate surface area is 117 Å². The Kier molecular flexibility index (Phi) is 4.02. The molecule has 3 heteroatoms. The Hall–Kier alpha value is -0.540. The molecule has 1 aliphatic rings. The number of rotatable bonds is 4. The van der Waals surface area contributed by atoms with Crippen molar-refractivity contribution in [2.45, 2.75) is 45.6 Å². The second-order valence-electron chi connectivity index (χ2n) is 5.49. The molecule has 2 rings (SSSR count). The van der Waals surface area contributed by atoms with Crippen LogP contribution in [0.15, 0.2) is 16.6 Å². The molecule has 0 aromatic heterocycles. The molecule has 0 fully saturated rings. The molecule has 1 N–H and O–H groups in total. The second-order valence-corrected chi connectivity index (χ2v) is 6.41. The molecule has 0 spiro atoms. The fourth-order valence-electron chi connectivity index (χ4n) is 2.48. The molecule has 2 nitrogen and oxygen atoms in total. The predicted octanol–water partition coefficient (Wildman–Crippen LogP) is 3.72. The lowest BCUT2D eigenvalue weighted by molar-refractivity contribution is 0.00470. The minimum absolute atomic E-state index is 0.272. The number of hydrogen-bond donors (Lipinski definition) is 1. The van der Waals surface area contributed by atoms with Crippen molar-refractivity contribution in [1.82, 2.24) is 0 Å². The van der Waals surface area contributed by atoms with Gasteiger partial charge in [0.25, 0.3) is 0 Å². The molecule has 18 heavy (non-hydrogen) atoms. The minimum Gasteiger partial charge on any atom is -0.493 e. The van der Waals surface area contributed by atoms with Crippen molar-refractivity contribution in [3.63, 3.8) is 0 Å². The highest BCUT2D eigenvalue weighted by atomic mass is 79.9. The molecule has 1 aromatic rings. The molecule has 0 aliphatic carbocycles. The van der Waals surface area contributed by atoms with Gasteiger partial charge in [0.05, 0.1) is 12.2 Å². The number of fused-ring (bicyclic) bond motifs is 1. The Morgan fingerprint density at radius 1 is 1.50 bits per heavy atom. The fraction of sp³-hybridized carbons (Fsp3) is 0.600. The van der Waals surface area contributed by atoms with Gasteiger partial charge in [-0.05, 0) is 36.1 Å². The molecule has 100 valence electrons. The van der Waals surface area contributed by atoms with Crippen molar-refractivity contribution < 1.29 is 9.84 Å². The quantitative estimate of drug-likeness (QED) is 0.918. The highest BCUT2D eigenvalue weighted by Gasteiger charge is 2.30. The molecule has 1 aromatic carbocycles. The lowest BCUT2D eigenvalue weighted by atomic mass is 9.83. The molecule has 0 amide bonds. The van der Waals surface area contributed by atoms with E-state index in [-0.39, 0.29) is 5.92 Å². The smallest absolute Gasteiger partial charge is 0.125 e. The van der Waals surface area contributed by atoms with Crippen LogP contribution in [0.3, 0.4) is 0 Å². The zero-order chi connectivity index (χ0) is 13.3. The normalized spacial score (nSPS) is 18.9. The topological polar surface area (TPSA) is 29.5 Å². The van der Waals surface area contributed by atoms with E-state index in [9.17, 15) is 5.11 Å². The van der Waals surface area contributed by atoms with E-state index in [1.807, 2.05) is 6.92 Å². The predicted molar refractivity (Wildman–Crippen MR) is 77.1 cm³/mol. The van der Waals surface area contributed by atoms with Crippen LogP contribution in [0.4, 0.5) is 0 Å². The van der Waals surface area contributed by atoms with Crippen LogP contribution in [0.1, 0.15) is 38.3 Å². The fourth-order valence-corrected chi connectivity index (χ4v) is 3.03. The molecule has 1 heterocycles. The summed E-state index contributed by atoms with van der Waals surface area (Å²) in [5.74, 6) is 1.26. The zero-order valence-corrected chi connectivity index (χ0v) is 12.9. The van der Waals surface area contributed by atoms with E-state index >= 15 is 0 Å². The summed E-state index contributed by atoms with van der Waals surface area (Å²) in [5.41, 5.74) is 1.68. The maximum Gasteiger partial charge on any atom is 0.125 e. The minimum atomic E-state index is -0.685. The van der Waals surface area contributed by atoms with Crippen LogP contribution in [0.25, 0.3) is 0 Å². The highest BCUT2D eigenvalue weighted by molar-refractivity contribution is 9.10. The average Bonchev–Trinajstić information content (AvgIpc) is 2.75. The van der Waals surface area contributed by atoms with Crippen molar-refractivity contribution >= 4 is 15.9 Å². The van der Waals surface area contributed by atoms with E-state index in [2.05, 4.69) is 41.9 Å². The molecule has 2 atom stereocenters. The van der Waals surface area contributed by atoms with Gasteiger partial charge < -0.3 is 9.84 Å². The van der Waals surface area contributed by atoms with Gasteiger partial charge in [-0.3, -0.25) is 0 Å². The van der Waals surface area contributed by atoms with E-state index in [0.717, 1.165) is 35.2 Å². The van der Waals surface area contributed by atoms with Crippen LogP contribution in [-0.2, 0) is 12.8 Å². The maximum atomic E-state index is 10.6. The van der Waals surface area contributed by atoms with Crippen LogP contribution in [0, 0.1) is 5.92 Å². The number of aliphatic hydroxyl groups is 1. The monoisotopic (exact) mass is 312 g/mol. The summed E-state index contributed by atoms with van der Waals surface area (Å²) in [5, 5.41) is 10.6. The largest absolute Gasteiger partial charge is 0.493 e. The zero-order valence-electron chi connectivity index (χ0n) is 11.3. The van der Waals surface area contributed by atoms with Gasteiger partial charge >= 0.3 is 0 Å². The summed E-state index contributed by atoms with van der Waals surface area (Å²) in [6.45, 7) is 6.88. The van der Waals surface area contributed by atoms with E-state index in [1.54, 1.807) is 0 Å². The molecule has 1 aliphatic heterocycles. The van der Waals surface area contributed by atoms with Crippen LogP contribution in [0.5, 0.6) is 5.75 Å². The molecule has 0 radical (unpaired) electrons. The summed E-state index contributed by atoms with van der Waals surface area (Å²) in [7, 11) is 0. The molecular weight excluding hydrogens is 292 g/mol. The third kappa shape index (κ3) is 2.72. The van der Waals surface area contributed by atoms with Gasteiger partial charge in [-0.2, -0.15) is 0 Å². The Bertz CT molecular complexity index is 440. The van der Waals surface area contributed by atoms with Gasteiger partial charge in [0.2, 0.25) is 0 Å². The van der Waals surface area contributed by atoms with E-state index in [1.165, 1.54) is 5.56 Å². The van der Waals surface area contributed by atoms with E-state index in [4.69, 9.17) is 4.74 Å². The van der Waals surface area contributed by atoms with Gasteiger partial charge in [0.15, 0.2) is 0 Å².